The minimum atomic E-state index is -0.733. The van der Waals surface area contributed by atoms with Gasteiger partial charge in [-0.2, -0.15) is 0 Å². The van der Waals surface area contributed by atoms with Crippen LogP contribution < -0.4 is 0 Å². The van der Waals surface area contributed by atoms with E-state index in [0.29, 0.717) is 10.2 Å². The molecule has 4 rings (SSSR count). The molecular weight excluding hydrogens is 392 g/mol. The Morgan fingerprint density at radius 3 is 2.38 bits per heavy atom. The summed E-state index contributed by atoms with van der Waals surface area (Å²) in [7, 11) is 0. The molecule has 0 atom stereocenters. The van der Waals surface area contributed by atoms with Crippen LogP contribution in [0, 0.1) is 0 Å². The normalized spacial score (nSPS) is 12.9. The molecule has 8 nitrogen and oxygen atoms in total. The second-order valence-corrected chi connectivity index (χ2v) is 7.11. The van der Waals surface area contributed by atoms with Crippen LogP contribution in [-0.2, 0) is 16.1 Å². The largest absolute Gasteiger partial charge is 0.343 e. The standard InChI is InChI=1S/C20H16N4O4S/c1-2-13-7-3-6-10-16(13)23-12-21-22-20(23)29-11-17(25)28-24-18(26)14-8-4-5-9-15(14)19(24)27/h3-10,12H,2,11H2,1H3. The quantitative estimate of drug-likeness (QED) is 0.457. The number of carbonyl (C=O) groups is 3. The van der Waals surface area contributed by atoms with Crippen molar-refractivity contribution < 1.29 is 19.2 Å². The van der Waals surface area contributed by atoms with Crippen molar-refractivity contribution in [2.24, 2.45) is 0 Å². The summed E-state index contributed by atoms with van der Waals surface area (Å²) in [5.74, 6) is -2.17. The smallest absolute Gasteiger partial charge is 0.329 e. The minimum Gasteiger partial charge on any atom is -0.329 e. The number of thioether (sulfide) groups is 1. The number of rotatable bonds is 6. The van der Waals surface area contributed by atoms with Crippen molar-refractivity contribution in [3.05, 3.63) is 71.5 Å². The number of fused-ring (bicyclic) bond motifs is 1. The van der Waals surface area contributed by atoms with Crippen molar-refractivity contribution in [2.75, 3.05) is 5.75 Å². The van der Waals surface area contributed by atoms with Gasteiger partial charge in [-0.1, -0.05) is 54.1 Å². The van der Waals surface area contributed by atoms with E-state index in [9.17, 15) is 14.4 Å². The average molecular weight is 408 g/mol. The highest BCUT2D eigenvalue weighted by Gasteiger charge is 2.38. The Morgan fingerprint density at radius 2 is 1.69 bits per heavy atom. The van der Waals surface area contributed by atoms with E-state index < -0.39 is 17.8 Å². The Hall–Kier alpha value is -3.46. The topological polar surface area (TPSA) is 94.4 Å². The molecule has 29 heavy (non-hydrogen) atoms. The molecule has 2 amide bonds. The van der Waals surface area contributed by atoms with E-state index in [1.807, 2.05) is 24.3 Å². The molecule has 2 aromatic carbocycles. The van der Waals surface area contributed by atoms with Gasteiger partial charge >= 0.3 is 5.97 Å². The predicted molar refractivity (Wildman–Crippen MR) is 104 cm³/mol. The number of aromatic nitrogens is 3. The maximum Gasteiger partial charge on any atom is 0.343 e. The van der Waals surface area contributed by atoms with Gasteiger partial charge in [-0.25, -0.2) is 4.79 Å². The Bertz CT molecular complexity index is 1080. The van der Waals surface area contributed by atoms with Crippen molar-refractivity contribution in [3.8, 4) is 5.69 Å². The molecule has 0 N–H and O–H groups in total. The number of carbonyl (C=O) groups excluding carboxylic acids is 3. The first-order chi connectivity index (χ1) is 14.1. The Kier molecular flexibility index (Phi) is 5.13. The monoisotopic (exact) mass is 408 g/mol. The van der Waals surface area contributed by atoms with Gasteiger partial charge in [-0.3, -0.25) is 14.2 Å². The lowest BCUT2D eigenvalue weighted by atomic mass is 10.1. The van der Waals surface area contributed by atoms with Crippen molar-refractivity contribution >= 4 is 29.5 Å². The zero-order chi connectivity index (χ0) is 20.4. The highest BCUT2D eigenvalue weighted by molar-refractivity contribution is 7.99. The summed E-state index contributed by atoms with van der Waals surface area (Å²) in [6.45, 7) is 2.05. The second kappa shape index (κ2) is 7.88. The number of para-hydroxylation sites is 1. The third-order valence-corrected chi connectivity index (χ3v) is 5.33. The summed E-state index contributed by atoms with van der Waals surface area (Å²) in [6.07, 6.45) is 2.41. The summed E-state index contributed by atoms with van der Waals surface area (Å²) >= 11 is 1.11. The number of benzene rings is 2. The van der Waals surface area contributed by atoms with Crippen molar-refractivity contribution in [3.63, 3.8) is 0 Å². The van der Waals surface area contributed by atoms with E-state index in [2.05, 4.69) is 17.1 Å². The van der Waals surface area contributed by atoms with Gasteiger partial charge in [0.05, 0.1) is 16.8 Å². The number of hydroxylamine groups is 2. The number of amides is 2. The van der Waals surface area contributed by atoms with Crippen LogP contribution in [0.15, 0.2) is 60.0 Å². The van der Waals surface area contributed by atoms with Gasteiger partial charge in [-0.15, -0.1) is 10.2 Å². The van der Waals surface area contributed by atoms with Crippen molar-refractivity contribution in [2.45, 2.75) is 18.5 Å². The predicted octanol–water partition coefficient (Wildman–Crippen LogP) is 2.68. The fourth-order valence-electron chi connectivity index (χ4n) is 3.03. The molecule has 0 spiro atoms. The van der Waals surface area contributed by atoms with Gasteiger partial charge in [0, 0.05) is 0 Å². The molecule has 3 aromatic rings. The lowest BCUT2D eigenvalue weighted by molar-refractivity contribution is -0.165. The highest BCUT2D eigenvalue weighted by Crippen LogP contribution is 2.25. The minimum absolute atomic E-state index is 0.139. The first kappa shape index (κ1) is 18.9. The number of imide groups is 1. The van der Waals surface area contributed by atoms with Gasteiger partial charge in [-0.05, 0) is 30.2 Å². The zero-order valence-corrected chi connectivity index (χ0v) is 16.3. The number of aryl methyl sites for hydroxylation is 1. The van der Waals surface area contributed by atoms with E-state index in [1.165, 1.54) is 12.1 Å². The van der Waals surface area contributed by atoms with Gasteiger partial charge in [0.25, 0.3) is 11.8 Å². The van der Waals surface area contributed by atoms with Crippen LogP contribution in [-0.4, -0.2) is 43.4 Å². The van der Waals surface area contributed by atoms with E-state index in [4.69, 9.17) is 4.84 Å². The van der Waals surface area contributed by atoms with Gasteiger partial charge in [0.1, 0.15) is 12.1 Å². The molecule has 0 saturated heterocycles. The Balaban J connectivity index is 1.44. The fraction of sp³-hybridized carbons (Fsp3) is 0.150. The van der Waals surface area contributed by atoms with Gasteiger partial charge in [0.15, 0.2) is 5.16 Å². The second-order valence-electron chi connectivity index (χ2n) is 6.17. The van der Waals surface area contributed by atoms with Crippen LogP contribution in [0.5, 0.6) is 0 Å². The maximum absolute atomic E-state index is 12.3. The lowest BCUT2D eigenvalue weighted by Gasteiger charge is -2.13. The summed E-state index contributed by atoms with van der Waals surface area (Å²) < 4.78 is 1.79. The van der Waals surface area contributed by atoms with Gasteiger partial charge in [0.2, 0.25) is 0 Å². The first-order valence-corrected chi connectivity index (χ1v) is 9.88. The molecule has 0 radical (unpaired) electrons. The summed E-state index contributed by atoms with van der Waals surface area (Å²) in [5, 5.41) is 8.99. The molecule has 1 aliphatic heterocycles. The first-order valence-electron chi connectivity index (χ1n) is 8.90. The number of hydrogen-bond acceptors (Lipinski definition) is 7. The summed E-state index contributed by atoms with van der Waals surface area (Å²) in [6, 6.07) is 14.2. The van der Waals surface area contributed by atoms with Crippen LogP contribution in [0.1, 0.15) is 33.2 Å². The average Bonchev–Trinajstić information content (AvgIpc) is 3.31. The SMILES string of the molecule is CCc1ccccc1-n1cnnc1SCC(=O)ON1C(=O)c2ccccc2C1=O. The summed E-state index contributed by atoms with van der Waals surface area (Å²) in [4.78, 5) is 41.8. The molecular formula is C20H16N4O4S. The Labute approximate surface area is 170 Å². The molecule has 0 unspecified atom stereocenters. The van der Waals surface area contributed by atoms with Crippen LogP contribution in [0.25, 0.3) is 5.69 Å². The molecule has 0 saturated carbocycles. The molecule has 9 heteroatoms. The van der Waals surface area contributed by atoms with Crippen molar-refractivity contribution in [1.29, 1.82) is 0 Å². The third kappa shape index (κ3) is 3.52. The van der Waals surface area contributed by atoms with Crippen molar-refractivity contribution in [1.82, 2.24) is 19.8 Å². The fourth-order valence-corrected chi connectivity index (χ4v) is 3.72. The van der Waals surface area contributed by atoms with E-state index in [0.717, 1.165) is 29.4 Å². The summed E-state index contributed by atoms with van der Waals surface area (Å²) in [5.41, 5.74) is 2.47. The lowest BCUT2D eigenvalue weighted by Crippen LogP contribution is -2.33. The molecule has 1 aromatic heterocycles. The number of hydrogen-bond donors (Lipinski definition) is 0. The van der Waals surface area contributed by atoms with Crippen LogP contribution >= 0.6 is 11.8 Å². The zero-order valence-electron chi connectivity index (χ0n) is 15.4. The molecule has 0 fully saturated rings. The molecule has 0 bridgehead atoms. The number of nitrogens with zero attached hydrogens (tertiary/aromatic N) is 4. The highest BCUT2D eigenvalue weighted by atomic mass is 32.2. The van der Waals surface area contributed by atoms with E-state index in [1.54, 1.807) is 23.0 Å². The maximum atomic E-state index is 12.3. The third-order valence-electron chi connectivity index (χ3n) is 4.42. The van der Waals surface area contributed by atoms with E-state index in [-0.39, 0.29) is 16.9 Å². The van der Waals surface area contributed by atoms with Crippen LogP contribution in [0.3, 0.4) is 0 Å². The van der Waals surface area contributed by atoms with E-state index >= 15 is 0 Å². The van der Waals surface area contributed by atoms with Crippen LogP contribution in [0.2, 0.25) is 0 Å². The molecule has 146 valence electrons. The molecule has 0 aliphatic carbocycles. The van der Waals surface area contributed by atoms with Gasteiger partial charge < -0.3 is 4.84 Å². The van der Waals surface area contributed by atoms with Crippen LogP contribution in [0.4, 0.5) is 0 Å². The molecule has 1 aliphatic rings. The molecule has 2 heterocycles. The Morgan fingerprint density at radius 1 is 1.03 bits per heavy atom.